The fourth-order valence-corrected chi connectivity index (χ4v) is 3.12. The highest BCUT2D eigenvalue weighted by atomic mass is 16.5. The van der Waals surface area contributed by atoms with Crippen LogP contribution in [0.1, 0.15) is 27.1 Å². The van der Waals surface area contributed by atoms with Crippen molar-refractivity contribution < 1.29 is 14.3 Å². The molecule has 1 N–H and O–H groups in total. The predicted octanol–water partition coefficient (Wildman–Crippen LogP) is 0.920. The number of carbonyl (C=O) groups is 2. The summed E-state index contributed by atoms with van der Waals surface area (Å²) in [6, 6.07) is 10.2. The first-order valence-corrected chi connectivity index (χ1v) is 8.55. The van der Waals surface area contributed by atoms with E-state index < -0.39 is 5.97 Å². The molecule has 9 heteroatoms. The number of nitrogens with one attached hydrogen (secondary N) is 1. The van der Waals surface area contributed by atoms with Crippen molar-refractivity contribution in [1.29, 1.82) is 0 Å². The smallest absolute Gasteiger partial charge is 0.337 e. The molecule has 0 aliphatic carbocycles. The van der Waals surface area contributed by atoms with Crippen molar-refractivity contribution in [2.45, 2.75) is 12.5 Å². The molecule has 0 bridgehead atoms. The summed E-state index contributed by atoms with van der Waals surface area (Å²) in [6.07, 6.45) is 2.39. The van der Waals surface area contributed by atoms with Crippen LogP contribution >= 0.6 is 0 Å². The number of aromatic nitrogens is 4. The highest BCUT2D eigenvalue weighted by Gasteiger charge is 2.25. The zero-order valence-corrected chi connectivity index (χ0v) is 14.7. The van der Waals surface area contributed by atoms with E-state index >= 15 is 0 Å². The van der Waals surface area contributed by atoms with Gasteiger partial charge in [-0.2, -0.15) is 4.52 Å². The Morgan fingerprint density at radius 2 is 1.93 bits per heavy atom. The Morgan fingerprint density at radius 1 is 1.15 bits per heavy atom. The molecule has 138 valence electrons. The van der Waals surface area contributed by atoms with E-state index in [9.17, 15) is 9.59 Å². The number of carbonyl (C=O) groups excluding carboxylic acids is 2. The molecule has 1 fully saturated rings. The van der Waals surface area contributed by atoms with E-state index in [-0.39, 0.29) is 11.9 Å². The fourth-order valence-electron chi connectivity index (χ4n) is 3.12. The molecule has 1 aliphatic rings. The first-order chi connectivity index (χ1) is 13.1. The second kappa shape index (κ2) is 7.02. The summed E-state index contributed by atoms with van der Waals surface area (Å²) in [6.45, 7) is 1.47. The lowest BCUT2D eigenvalue weighted by Crippen LogP contribution is -2.37. The molecule has 3 aromatic rings. The van der Waals surface area contributed by atoms with Crippen LogP contribution in [-0.4, -0.2) is 57.9 Å². The first kappa shape index (κ1) is 17.0. The zero-order valence-electron chi connectivity index (χ0n) is 14.7. The molecule has 0 radical (unpaired) electrons. The van der Waals surface area contributed by atoms with Crippen LogP contribution in [0, 0.1) is 0 Å². The number of amides is 1. The summed E-state index contributed by atoms with van der Waals surface area (Å²) in [4.78, 5) is 26.0. The van der Waals surface area contributed by atoms with Crippen LogP contribution in [0.25, 0.3) is 5.65 Å². The van der Waals surface area contributed by atoms with Gasteiger partial charge in [-0.05, 0) is 42.8 Å². The van der Waals surface area contributed by atoms with Crippen LogP contribution in [-0.2, 0) is 4.74 Å². The average molecular weight is 366 g/mol. The number of methoxy groups -OCH3 is 1. The van der Waals surface area contributed by atoms with Crippen LogP contribution in [0.2, 0.25) is 0 Å². The number of fused-ring (bicyclic) bond motifs is 1. The Bertz CT molecular complexity index is 984. The standard InChI is InChI=1S/C18H18N6O3/c1-27-18(26)13-4-2-12(3-5-13)17(25)20-14-8-9-23(10-14)16-7-6-15-21-19-11-24(15)22-16/h2-7,11,14H,8-10H2,1H3,(H,20,25). The summed E-state index contributed by atoms with van der Waals surface area (Å²) in [5, 5.41) is 15.3. The third-order valence-corrected chi connectivity index (χ3v) is 4.56. The Hall–Kier alpha value is -3.49. The molecule has 1 aliphatic heterocycles. The molecule has 1 unspecified atom stereocenters. The maximum absolute atomic E-state index is 12.5. The number of anilines is 1. The number of ether oxygens (including phenoxy) is 1. The summed E-state index contributed by atoms with van der Waals surface area (Å²) in [5.74, 6) is 0.230. The molecule has 1 aromatic carbocycles. The summed E-state index contributed by atoms with van der Waals surface area (Å²) in [7, 11) is 1.32. The molecular weight excluding hydrogens is 348 g/mol. The fraction of sp³-hybridized carbons (Fsp3) is 0.278. The summed E-state index contributed by atoms with van der Waals surface area (Å²) >= 11 is 0. The predicted molar refractivity (Wildman–Crippen MR) is 96.6 cm³/mol. The number of hydrogen-bond donors (Lipinski definition) is 1. The normalized spacial score (nSPS) is 16.5. The highest BCUT2D eigenvalue weighted by Crippen LogP contribution is 2.18. The molecule has 9 nitrogen and oxygen atoms in total. The van der Waals surface area contributed by atoms with Crippen molar-refractivity contribution in [2.24, 2.45) is 0 Å². The second-order valence-corrected chi connectivity index (χ2v) is 6.30. The minimum atomic E-state index is -0.425. The van der Waals surface area contributed by atoms with Gasteiger partial charge < -0.3 is 15.0 Å². The van der Waals surface area contributed by atoms with Gasteiger partial charge in [0.1, 0.15) is 12.1 Å². The third-order valence-electron chi connectivity index (χ3n) is 4.56. The quantitative estimate of drug-likeness (QED) is 0.685. The van der Waals surface area contributed by atoms with E-state index in [0.717, 1.165) is 18.8 Å². The lowest BCUT2D eigenvalue weighted by atomic mass is 10.1. The Labute approximate surface area is 154 Å². The van der Waals surface area contributed by atoms with Gasteiger partial charge in [0.25, 0.3) is 5.91 Å². The largest absolute Gasteiger partial charge is 0.465 e. The van der Waals surface area contributed by atoms with Crippen LogP contribution in [0.5, 0.6) is 0 Å². The van der Waals surface area contributed by atoms with Gasteiger partial charge in [-0.3, -0.25) is 4.79 Å². The first-order valence-electron chi connectivity index (χ1n) is 8.55. The highest BCUT2D eigenvalue weighted by molar-refractivity contribution is 5.96. The van der Waals surface area contributed by atoms with Gasteiger partial charge in [0.2, 0.25) is 0 Å². The number of rotatable bonds is 4. The van der Waals surface area contributed by atoms with Gasteiger partial charge in [-0.1, -0.05) is 0 Å². The van der Waals surface area contributed by atoms with Crippen molar-refractivity contribution in [2.75, 3.05) is 25.1 Å². The second-order valence-electron chi connectivity index (χ2n) is 6.30. The van der Waals surface area contributed by atoms with Crippen LogP contribution in [0.3, 0.4) is 0 Å². The van der Waals surface area contributed by atoms with E-state index in [4.69, 9.17) is 0 Å². The molecule has 3 heterocycles. The van der Waals surface area contributed by atoms with E-state index in [1.165, 1.54) is 7.11 Å². The van der Waals surface area contributed by atoms with E-state index in [1.54, 1.807) is 35.1 Å². The van der Waals surface area contributed by atoms with E-state index in [2.05, 4.69) is 30.2 Å². The number of benzene rings is 1. The van der Waals surface area contributed by atoms with Crippen LogP contribution < -0.4 is 10.2 Å². The molecule has 1 saturated heterocycles. The van der Waals surface area contributed by atoms with Gasteiger partial charge in [-0.15, -0.1) is 15.3 Å². The molecule has 0 spiro atoms. The van der Waals surface area contributed by atoms with E-state index in [1.807, 2.05) is 12.1 Å². The number of nitrogens with zero attached hydrogens (tertiary/aromatic N) is 5. The lowest BCUT2D eigenvalue weighted by Gasteiger charge is -2.17. The van der Waals surface area contributed by atoms with E-state index in [0.29, 0.717) is 23.3 Å². The van der Waals surface area contributed by atoms with Gasteiger partial charge in [0.05, 0.1) is 12.7 Å². The minimum absolute atomic E-state index is 0.0243. The lowest BCUT2D eigenvalue weighted by molar-refractivity contribution is 0.0600. The monoisotopic (exact) mass is 366 g/mol. The molecule has 1 atom stereocenters. The molecule has 0 saturated carbocycles. The molecule has 1 amide bonds. The SMILES string of the molecule is COC(=O)c1ccc(C(=O)NC2CCN(c3ccc4nncn4n3)C2)cc1. The molecule has 27 heavy (non-hydrogen) atoms. The number of hydrogen-bond acceptors (Lipinski definition) is 7. The minimum Gasteiger partial charge on any atom is -0.465 e. The van der Waals surface area contributed by atoms with Crippen molar-refractivity contribution >= 4 is 23.3 Å². The molecule has 4 rings (SSSR count). The van der Waals surface area contributed by atoms with Crippen LogP contribution in [0.15, 0.2) is 42.7 Å². The van der Waals surface area contributed by atoms with Gasteiger partial charge in [0, 0.05) is 24.7 Å². The van der Waals surface area contributed by atoms with Crippen molar-refractivity contribution in [3.05, 3.63) is 53.9 Å². The zero-order chi connectivity index (χ0) is 18.8. The third kappa shape index (κ3) is 3.43. The maximum atomic E-state index is 12.5. The summed E-state index contributed by atoms with van der Waals surface area (Å²) in [5.41, 5.74) is 1.61. The maximum Gasteiger partial charge on any atom is 0.337 e. The van der Waals surface area contributed by atoms with Gasteiger partial charge >= 0.3 is 5.97 Å². The Morgan fingerprint density at radius 3 is 2.70 bits per heavy atom. The topological polar surface area (TPSA) is 102 Å². The van der Waals surface area contributed by atoms with Gasteiger partial charge in [-0.25, -0.2) is 4.79 Å². The molecule has 2 aromatic heterocycles. The Kier molecular flexibility index (Phi) is 4.41. The van der Waals surface area contributed by atoms with Crippen molar-refractivity contribution in [1.82, 2.24) is 25.1 Å². The van der Waals surface area contributed by atoms with Crippen molar-refractivity contribution in [3.8, 4) is 0 Å². The van der Waals surface area contributed by atoms with Crippen molar-refractivity contribution in [3.63, 3.8) is 0 Å². The molecular formula is C18H18N6O3. The Balaban J connectivity index is 1.39. The van der Waals surface area contributed by atoms with Gasteiger partial charge in [0.15, 0.2) is 5.65 Å². The summed E-state index contributed by atoms with van der Waals surface area (Å²) < 4.78 is 6.29. The number of esters is 1. The average Bonchev–Trinajstić information content (AvgIpc) is 3.36. The van der Waals surface area contributed by atoms with Crippen LogP contribution in [0.4, 0.5) is 5.82 Å².